The molecule has 1 heterocycles. The molecule has 1 aromatic heterocycles. The van der Waals surface area contributed by atoms with Gasteiger partial charge < -0.3 is 10.1 Å². The highest BCUT2D eigenvalue weighted by molar-refractivity contribution is 6.11. The van der Waals surface area contributed by atoms with Crippen LogP contribution in [-0.2, 0) is 0 Å². The molecule has 0 amide bonds. The molecular formula is C14H9NO3. The van der Waals surface area contributed by atoms with Crippen LogP contribution in [0.5, 0.6) is 0 Å². The summed E-state index contributed by atoms with van der Waals surface area (Å²) in [6, 6.07) is 12.2. The third kappa shape index (κ3) is 1.47. The molecule has 2 aromatic carbocycles. The molecule has 0 atom stereocenters. The Balaban J connectivity index is 2.59. The molecule has 0 spiro atoms. The molecule has 3 aromatic rings. The minimum atomic E-state index is -1.10. The predicted molar refractivity (Wildman–Crippen MR) is 69.0 cm³/mol. The normalized spacial score (nSPS) is 10.9. The lowest BCUT2D eigenvalue weighted by molar-refractivity contribution is 0.0699. The summed E-state index contributed by atoms with van der Waals surface area (Å²) in [5.74, 6) is -1.10. The highest BCUT2D eigenvalue weighted by atomic mass is 16.4. The number of pyridine rings is 1. The monoisotopic (exact) mass is 239 g/mol. The maximum absolute atomic E-state index is 11.5. The number of aromatic nitrogens is 1. The minimum Gasteiger partial charge on any atom is -0.478 e. The zero-order chi connectivity index (χ0) is 12.7. The summed E-state index contributed by atoms with van der Waals surface area (Å²) in [5, 5.41) is 11.5. The SMILES string of the molecule is O=C(O)c1cc(=O)[nH]c2c1ccc1ccccc12. The lowest BCUT2D eigenvalue weighted by atomic mass is 10.0. The van der Waals surface area contributed by atoms with Gasteiger partial charge in [0.1, 0.15) is 0 Å². The molecule has 0 aliphatic carbocycles. The lowest BCUT2D eigenvalue weighted by Gasteiger charge is -2.05. The van der Waals surface area contributed by atoms with Gasteiger partial charge in [-0.05, 0) is 5.39 Å². The lowest BCUT2D eigenvalue weighted by Crippen LogP contribution is -2.10. The van der Waals surface area contributed by atoms with Gasteiger partial charge in [-0.1, -0.05) is 36.4 Å². The van der Waals surface area contributed by atoms with E-state index in [2.05, 4.69) is 4.98 Å². The minimum absolute atomic E-state index is 0.0273. The van der Waals surface area contributed by atoms with E-state index in [-0.39, 0.29) is 5.56 Å². The Morgan fingerprint density at radius 2 is 1.83 bits per heavy atom. The van der Waals surface area contributed by atoms with E-state index in [0.717, 1.165) is 16.8 Å². The molecule has 2 N–H and O–H groups in total. The van der Waals surface area contributed by atoms with Gasteiger partial charge in [0.25, 0.3) is 0 Å². The largest absolute Gasteiger partial charge is 0.478 e. The molecule has 0 fully saturated rings. The highest BCUT2D eigenvalue weighted by Crippen LogP contribution is 2.24. The number of carboxylic acid groups (broad SMARTS) is 1. The van der Waals surface area contributed by atoms with Crippen molar-refractivity contribution in [2.75, 3.05) is 0 Å². The van der Waals surface area contributed by atoms with Gasteiger partial charge in [-0.2, -0.15) is 0 Å². The first-order chi connectivity index (χ1) is 8.66. The molecule has 0 aliphatic heterocycles. The van der Waals surface area contributed by atoms with Crippen LogP contribution in [0.4, 0.5) is 0 Å². The number of fused-ring (bicyclic) bond motifs is 3. The van der Waals surface area contributed by atoms with E-state index in [0.29, 0.717) is 10.9 Å². The van der Waals surface area contributed by atoms with Crippen LogP contribution in [0.1, 0.15) is 10.4 Å². The summed E-state index contributed by atoms with van der Waals surface area (Å²) in [4.78, 5) is 25.4. The van der Waals surface area contributed by atoms with E-state index in [4.69, 9.17) is 5.11 Å². The first-order valence-corrected chi connectivity index (χ1v) is 5.45. The standard InChI is InChI=1S/C14H9NO3/c16-12-7-11(14(17)18)10-6-5-8-3-1-2-4-9(8)13(10)15-12/h1-7H,(H,15,16)(H,17,18). The molecule has 0 bridgehead atoms. The van der Waals surface area contributed by atoms with Gasteiger partial charge in [-0.15, -0.1) is 0 Å². The van der Waals surface area contributed by atoms with Crippen LogP contribution < -0.4 is 5.56 Å². The summed E-state index contributed by atoms with van der Waals surface area (Å²) in [6.07, 6.45) is 0. The first kappa shape index (κ1) is 10.5. The molecule has 0 aliphatic rings. The maximum Gasteiger partial charge on any atom is 0.336 e. The molecule has 0 radical (unpaired) electrons. The zero-order valence-corrected chi connectivity index (χ0v) is 9.31. The van der Waals surface area contributed by atoms with Gasteiger partial charge in [0.05, 0.1) is 11.1 Å². The molecular weight excluding hydrogens is 230 g/mol. The molecule has 4 nitrogen and oxygen atoms in total. The number of aromatic carboxylic acids is 1. The second-order valence-electron chi connectivity index (χ2n) is 4.06. The first-order valence-electron chi connectivity index (χ1n) is 5.45. The fourth-order valence-electron chi connectivity index (χ4n) is 2.18. The van der Waals surface area contributed by atoms with Gasteiger partial charge >= 0.3 is 5.97 Å². The number of benzene rings is 2. The maximum atomic E-state index is 11.5. The Morgan fingerprint density at radius 3 is 2.61 bits per heavy atom. The van der Waals surface area contributed by atoms with E-state index in [9.17, 15) is 9.59 Å². The van der Waals surface area contributed by atoms with Gasteiger partial charge in [0.2, 0.25) is 5.56 Å². The zero-order valence-electron chi connectivity index (χ0n) is 9.31. The van der Waals surface area contributed by atoms with Gasteiger partial charge in [-0.25, -0.2) is 4.79 Å². The number of carboxylic acids is 1. The molecule has 4 heteroatoms. The Bertz CT molecular complexity index is 833. The molecule has 0 saturated carbocycles. The van der Waals surface area contributed by atoms with Crippen LogP contribution in [0.3, 0.4) is 0 Å². The fraction of sp³-hybridized carbons (Fsp3) is 0. The highest BCUT2D eigenvalue weighted by Gasteiger charge is 2.11. The van der Waals surface area contributed by atoms with Crippen molar-refractivity contribution in [1.29, 1.82) is 0 Å². The van der Waals surface area contributed by atoms with Gasteiger partial charge in [-0.3, -0.25) is 4.79 Å². The Labute approximate surface area is 101 Å². The number of hydrogen-bond donors (Lipinski definition) is 2. The summed E-state index contributed by atoms with van der Waals surface area (Å²) < 4.78 is 0. The van der Waals surface area contributed by atoms with Crippen LogP contribution in [0.25, 0.3) is 21.7 Å². The Hall–Kier alpha value is -2.62. The molecule has 3 rings (SSSR count). The van der Waals surface area contributed by atoms with E-state index >= 15 is 0 Å². The summed E-state index contributed by atoms with van der Waals surface area (Å²) in [6.45, 7) is 0. The van der Waals surface area contributed by atoms with Crippen molar-refractivity contribution in [3.05, 3.63) is 58.4 Å². The predicted octanol–water partition coefficient (Wildman–Crippen LogP) is 2.38. The fourth-order valence-corrected chi connectivity index (χ4v) is 2.18. The number of carbonyl (C=O) groups is 1. The Morgan fingerprint density at radius 1 is 1.06 bits per heavy atom. The number of H-pyrrole nitrogens is 1. The molecule has 88 valence electrons. The van der Waals surface area contributed by atoms with Crippen molar-refractivity contribution in [3.63, 3.8) is 0 Å². The van der Waals surface area contributed by atoms with Crippen LogP contribution in [0.15, 0.2) is 47.3 Å². The van der Waals surface area contributed by atoms with Crippen molar-refractivity contribution in [3.8, 4) is 0 Å². The van der Waals surface area contributed by atoms with E-state index in [1.807, 2.05) is 30.3 Å². The van der Waals surface area contributed by atoms with E-state index < -0.39 is 11.5 Å². The second kappa shape index (κ2) is 3.70. The average molecular weight is 239 g/mol. The molecule has 0 saturated heterocycles. The number of nitrogens with one attached hydrogen (secondary N) is 1. The van der Waals surface area contributed by atoms with Crippen molar-refractivity contribution in [1.82, 2.24) is 4.98 Å². The summed E-state index contributed by atoms with van der Waals surface area (Å²) in [7, 11) is 0. The number of aromatic amines is 1. The third-order valence-corrected chi connectivity index (χ3v) is 2.97. The van der Waals surface area contributed by atoms with Crippen LogP contribution in [-0.4, -0.2) is 16.1 Å². The summed E-state index contributed by atoms with van der Waals surface area (Å²) >= 11 is 0. The average Bonchev–Trinajstić information content (AvgIpc) is 2.37. The van der Waals surface area contributed by atoms with Gasteiger partial charge in [0.15, 0.2) is 0 Å². The van der Waals surface area contributed by atoms with Crippen LogP contribution >= 0.6 is 0 Å². The van der Waals surface area contributed by atoms with Crippen LogP contribution in [0, 0.1) is 0 Å². The van der Waals surface area contributed by atoms with Crippen molar-refractivity contribution >= 4 is 27.6 Å². The molecule has 0 unspecified atom stereocenters. The van der Waals surface area contributed by atoms with Crippen LogP contribution in [0.2, 0.25) is 0 Å². The third-order valence-electron chi connectivity index (χ3n) is 2.97. The quantitative estimate of drug-likeness (QED) is 0.640. The van der Waals surface area contributed by atoms with Crippen molar-refractivity contribution in [2.24, 2.45) is 0 Å². The van der Waals surface area contributed by atoms with Gasteiger partial charge in [0, 0.05) is 16.8 Å². The van der Waals surface area contributed by atoms with E-state index in [1.54, 1.807) is 6.07 Å². The Kier molecular flexibility index (Phi) is 2.16. The van der Waals surface area contributed by atoms with Crippen molar-refractivity contribution in [2.45, 2.75) is 0 Å². The van der Waals surface area contributed by atoms with E-state index in [1.165, 1.54) is 0 Å². The molecule has 18 heavy (non-hydrogen) atoms. The number of hydrogen-bond acceptors (Lipinski definition) is 2. The topological polar surface area (TPSA) is 70.2 Å². The summed E-state index contributed by atoms with van der Waals surface area (Å²) in [5.41, 5.74) is 0.189. The number of rotatable bonds is 1. The van der Waals surface area contributed by atoms with Crippen molar-refractivity contribution < 1.29 is 9.90 Å². The smallest absolute Gasteiger partial charge is 0.336 e. The second-order valence-corrected chi connectivity index (χ2v) is 4.06.